The third kappa shape index (κ3) is 3.19. The van der Waals surface area contributed by atoms with Crippen molar-refractivity contribution in [1.29, 1.82) is 0 Å². The summed E-state index contributed by atoms with van der Waals surface area (Å²) in [6.45, 7) is 1.33. The molecule has 0 amide bonds. The quantitative estimate of drug-likeness (QED) is 0.350. The number of fused-ring (bicyclic) bond motifs is 1. The summed E-state index contributed by atoms with van der Waals surface area (Å²) in [4.78, 5) is 13.1. The zero-order chi connectivity index (χ0) is 18.9. The predicted octanol–water partition coefficient (Wildman–Crippen LogP) is 5.11. The molecular formula is C24H18O4. The Hall–Kier alpha value is -3.37. The van der Waals surface area contributed by atoms with Crippen molar-refractivity contribution in [2.24, 2.45) is 0 Å². The molecule has 4 nitrogen and oxygen atoms in total. The van der Waals surface area contributed by atoms with Gasteiger partial charge in [0.15, 0.2) is 5.76 Å². The molecule has 0 N–H and O–H groups in total. The van der Waals surface area contributed by atoms with Crippen LogP contribution >= 0.6 is 0 Å². The lowest BCUT2D eigenvalue weighted by Crippen LogP contribution is -2.04. The molecular weight excluding hydrogens is 352 g/mol. The van der Waals surface area contributed by atoms with Crippen molar-refractivity contribution in [1.82, 2.24) is 0 Å². The highest BCUT2D eigenvalue weighted by Gasteiger charge is 2.24. The largest absolute Gasteiger partial charge is 0.491 e. The van der Waals surface area contributed by atoms with Gasteiger partial charge in [-0.1, -0.05) is 60.7 Å². The molecule has 0 bridgehead atoms. The van der Waals surface area contributed by atoms with Crippen LogP contribution in [0.2, 0.25) is 0 Å². The van der Waals surface area contributed by atoms with E-state index in [0.717, 1.165) is 28.9 Å². The molecule has 1 aliphatic heterocycles. The van der Waals surface area contributed by atoms with E-state index in [1.807, 2.05) is 66.7 Å². The maximum absolute atomic E-state index is 13.1. The fourth-order valence-corrected chi connectivity index (χ4v) is 3.28. The van der Waals surface area contributed by atoms with Crippen LogP contribution < -0.4 is 4.74 Å². The van der Waals surface area contributed by atoms with Gasteiger partial charge in [-0.05, 0) is 23.8 Å². The van der Waals surface area contributed by atoms with Crippen molar-refractivity contribution in [2.75, 3.05) is 13.2 Å². The van der Waals surface area contributed by atoms with Crippen LogP contribution in [-0.4, -0.2) is 25.1 Å². The molecule has 0 spiro atoms. The summed E-state index contributed by atoms with van der Waals surface area (Å²) in [5.41, 5.74) is 3.02. The Bertz CT molecular complexity index is 1120. The van der Waals surface area contributed by atoms with Gasteiger partial charge >= 0.3 is 0 Å². The van der Waals surface area contributed by atoms with Crippen molar-refractivity contribution < 1.29 is 18.7 Å². The first-order chi connectivity index (χ1) is 13.8. The number of carbonyl (C=O) groups is 1. The van der Waals surface area contributed by atoms with Crippen LogP contribution in [0.1, 0.15) is 16.1 Å². The van der Waals surface area contributed by atoms with Crippen molar-refractivity contribution in [3.8, 4) is 16.9 Å². The average Bonchev–Trinajstić information content (AvgIpc) is 3.51. The fourth-order valence-electron chi connectivity index (χ4n) is 3.28. The van der Waals surface area contributed by atoms with E-state index < -0.39 is 0 Å². The zero-order valence-electron chi connectivity index (χ0n) is 15.1. The van der Waals surface area contributed by atoms with Crippen LogP contribution in [0.25, 0.3) is 22.1 Å². The molecule has 2 heterocycles. The topological polar surface area (TPSA) is 52.0 Å². The summed E-state index contributed by atoms with van der Waals surface area (Å²) in [7, 11) is 0. The van der Waals surface area contributed by atoms with Gasteiger partial charge < -0.3 is 13.9 Å². The Balaban J connectivity index is 1.56. The van der Waals surface area contributed by atoms with E-state index in [2.05, 4.69) is 0 Å². The van der Waals surface area contributed by atoms with Crippen LogP contribution in [0.15, 0.2) is 83.3 Å². The van der Waals surface area contributed by atoms with E-state index in [1.165, 1.54) is 0 Å². The molecule has 3 aromatic carbocycles. The number of hydrogen-bond donors (Lipinski definition) is 0. The van der Waals surface area contributed by atoms with Crippen molar-refractivity contribution >= 4 is 16.8 Å². The summed E-state index contributed by atoms with van der Waals surface area (Å²) >= 11 is 0. The molecule has 1 saturated heterocycles. The molecule has 0 radical (unpaired) electrons. The molecule has 0 saturated carbocycles. The third-order valence-corrected chi connectivity index (χ3v) is 4.82. The molecule has 4 heteroatoms. The van der Waals surface area contributed by atoms with Crippen molar-refractivity contribution in [3.05, 3.63) is 90.2 Å². The van der Waals surface area contributed by atoms with Gasteiger partial charge in [-0.2, -0.15) is 0 Å². The zero-order valence-corrected chi connectivity index (χ0v) is 15.1. The van der Waals surface area contributed by atoms with Crippen molar-refractivity contribution in [3.63, 3.8) is 0 Å². The Labute approximate surface area is 162 Å². The highest BCUT2D eigenvalue weighted by molar-refractivity contribution is 6.15. The highest BCUT2D eigenvalue weighted by Crippen LogP contribution is 2.36. The fraction of sp³-hybridized carbons (Fsp3) is 0.125. The molecule has 5 rings (SSSR count). The lowest BCUT2D eigenvalue weighted by atomic mass is 9.98. The van der Waals surface area contributed by atoms with Gasteiger partial charge in [0.25, 0.3) is 0 Å². The molecule has 1 aromatic heterocycles. The number of ketones is 1. The van der Waals surface area contributed by atoms with Gasteiger partial charge in [0.1, 0.15) is 24.0 Å². The average molecular weight is 370 g/mol. The SMILES string of the molecule is O=C(c1ccccc1)c1oc2ccccc2c1-c1ccc(OCC2CO2)cc1. The van der Waals surface area contributed by atoms with E-state index in [4.69, 9.17) is 13.9 Å². The maximum atomic E-state index is 13.1. The third-order valence-electron chi connectivity index (χ3n) is 4.82. The summed E-state index contributed by atoms with van der Waals surface area (Å²) in [6.07, 6.45) is 0.215. The normalized spacial score (nSPS) is 15.5. The Morgan fingerprint density at radius 3 is 2.39 bits per heavy atom. The minimum atomic E-state index is -0.127. The molecule has 0 aliphatic carbocycles. The summed E-state index contributed by atoms with van der Waals surface area (Å²) in [6, 6.07) is 24.7. The highest BCUT2D eigenvalue weighted by atomic mass is 16.6. The van der Waals surface area contributed by atoms with Crippen molar-refractivity contribution in [2.45, 2.75) is 6.10 Å². The monoisotopic (exact) mass is 370 g/mol. The number of hydrogen-bond acceptors (Lipinski definition) is 4. The minimum absolute atomic E-state index is 0.127. The minimum Gasteiger partial charge on any atom is -0.491 e. The standard InChI is InChI=1S/C24H18O4/c25-23(17-6-2-1-3-7-17)24-22(20-8-4-5-9-21(20)28-24)16-10-12-18(13-11-16)26-14-19-15-27-19/h1-13,19H,14-15H2. The second kappa shape index (κ2) is 6.98. The van der Waals surface area contributed by atoms with Crippen LogP contribution in [0.3, 0.4) is 0 Å². The van der Waals surface area contributed by atoms with Crippen LogP contribution in [0, 0.1) is 0 Å². The first-order valence-electron chi connectivity index (χ1n) is 9.26. The number of ether oxygens (including phenoxy) is 2. The molecule has 138 valence electrons. The molecule has 1 fully saturated rings. The number of epoxide rings is 1. The van der Waals surface area contributed by atoms with Crippen LogP contribution in [0.4, 0.5) is 0 Å². The van der Waals surface area contributed by atoms with Gasteiger partial charge in [-0.3, -0.25) is 4.79 Å². The number of benzene rings is 3. The Morgan fingerprint density at radius 2 is 1.64 bits per heavy atom. The van der Waals surface area contributed by atoms with Gasteiger partial charge in [-0.15, -0.1) is 0 Å². The van der Waals surface area contributed by atoms with Gasteiger partial charge in [0.2, 0.25) is 5.78 Å². The van der Waals surface area contributed by atoms with Gasteiger partial charge in [0.05, 0.1) is 6.61 Å². The predicted molar refractivity (Wildman–Crippen MR) is 107 cm³/mol. The lowest BCUT2D eigenvalue weighted by Gasteiger charge is -2.07. The van der Waals surface area contributed by atoms with Gasteiger partial charge in [0, 0.05) is 16.5 Å². The van der Waals surface area contributed by atoms with Crippen LogP contribution in [-0.2, 0) is 4.74 Å². The van der Waals surface area contributed by atoms with E-state index in [0.29, 0.717) is 23.5 Å². The number of furan rings is 1. The van der Waals surface area contributed by atoms with Gasteiger partial charge in [-0.25, -0.2) is 0 Å². The Morgan fingerprint density at radius 1 is 0.929 bits per heavy atom. The number of carbonyl (C=O) groups excluding carboxylic acids is 1. The maximum Gasteiger partial charge on any atom is 0.228 e. The van der Waals surface area contributed by atoms with E-state index in [-0.39, 0.29) is 11.9 Å². The second-order valence-corrected chi connectivity index (χ2v) is 6.79. The van der Waals surface area contributed by atoms with E-state index in [9.17, 15) is 4.79 Å². The smallest absolute Gasteiger partial charge is 0.228 e. The van der Waals surface area contributed by atoms with Crippen LogP contribution in [0.5, 0.6) is 5.75 Å². The first-order valence-corrected chi connectivity index (χ1v) is 9.26. The van der Waals surface area contributed by atoms with E-state index in [1.54, 1.807) is 12.1 Å². The first kappa shape index (κ1) is 16.8. The van der Waals surface area contributed by atoms with E-state index >= 15 is 0 Å². The second-order valence-electron chi connectivity index (χ2n) is 6.79. The molecule has 28 heavy (non-hydrogen) atoms. The molecule has 1 unspecified atom stereocenters. The Kier molecular flexibility index (Phi) is 4.18. The molecule has 1 aliphatic rings. The summed E-state index contributed by atoms with van der Waals surface area (Å²) in [5.74, 6) is 1.01. The number of para-hydroxylation sites is 1. The molecule has 1 atom stereocenters. The summed E-state index contributed by atoms with van der Waals surface area (Å²) in [5, 5.41) is 0.918. The summed E-state index contributed by atoms with van der Waals surface area (Å²) < 4.78 is 16.9. The molecule has 4 aromatic rings. The lowest BCUT2D eigenvalue weighted by molar-refractivity contribution is 0.101. The number of rotatable bonds is 6.